The normalized spacial score (nSPS) is 10.4. The number of H-pyrrole nitrogens is 1. The Morgan fingerprint density at radius 1 is 1.25 bits per heavy atom. The van der Waals surface area contributed by atoms with Crippen molar-refractivity contribution in [3.63, 3.8) is 0 Å². The van der Waals surface area contributed by atoms with Gasteiger partial charge in [0.15, 0.2) is 3.95 Å². The topological polar surface area (TPSA) is 25.0 Å². The molecular weight excluding hydrogens is 238 g/mol. The molecule has 0 unspecified atom stereocenters. The monoisotopic (exact) mass is 251 g/mol. The van der Waals surface area contributed by atoms with Crippen molar-refractivity contribution in [2.45, 2.75) is 13.8 Å². The van der Waals surface area contributed by atoms with Gasteiger partial charge in [-0.15, -0.1) is 11.3 Å². The van der Waals surface area contributed by atoms with Crippen molar-refractivity contribution < 1.29 is 4.74 Å². The molecule has 4 heteroatoms. The highest BCUT2D eigenvalue weighted by atomic mass is 32.1. The second-order valence-electron chi connectivity index (χ2n) is 3.70. The minimum absolute atomic E-state index is 0.808. The molecule has 1 N–H and O–H groups in total. The van der Waals surface area contributed by atoms with Gasteiger partial charge in [0, 0.05) is 10.9 Å². The number of hydrogen-bond donors (Lipinski definition) is 1. The van der Waals surface area contributed by atoms with Crippen LogP contribution in [0.5, 0.6) is 5.75 Å². The van der Waals surface area contributed by atoms with Crippen molar-refractivity contribution in [3.05, 3.63) is 32.6 Å². The maximum atomic E-state index is 5.29. The van der Waals surface area contributed by atoms with Crippen LogP contribution in [-0.2, 0) is 0 Å². The lowest BCUT2D eigenvalue weighted by atomic mass is 10.0. The van der Waals surface area contributed by atoms with Gasteiger partial charge in [-0.1, -0.05) is 0 Å². The Labute approximate surface area is 104 Å². The van der Waals surface area contributed by atoms with Crippen LogP contribution in [0.1, 0.15) is 11.1 Å². The number of nitrogens with one attached hydrogen (secondary N) is 1. The van der Waals surface area contributed by atoms with E-state index in [0.29, 0.717) is 0 Å². The van der Waals surface area contributed by atoms with Crippen LogP contribution in [0.15, 0.2) is 17.5 Å². The molecule has 0 saturated heterocycles. The molecule has 0 bridgehead atoms. The zero-order chi connectivity index (χ0) is 11.7. The van der Waals surface area contributed by atoms with Crippen LogP contribution < -0.4 is 4.74 Å². The van der Waals surface area contributed by atoms with Gasteiger partial charge in [-0.3, -0.25) is 0 Å². The van der Waals surface area contributed by atoms with Crippen molar-refractivity contribution in [1.82, 2.24) is 4.98 Å². The van der Waals surface area contributed by atoms with Gasteiger partial charge >= 0.3 is 0 Å². The summed E-state index contributed by atoms with van der Waals surface area (Å²) in [4.78, 5) is 3.19. The third-order valence-electron chi connectivity index (χ3n) is 2.55. The first-order chi connectivity index (χ1) is 7.61. The number of benzene rings is 1. The molecule has 0 aliphatic heterocycles. The largest absolute Gasteiger partial charge is 0.496 e. The Morgan fingerprint density at radius 3 is 2.56 bits per heavy atom. The van der Waals surface area contributed by atoms with Crippen LogP contribution in [0.3, 0.4) is 0 Å². The van der Waals surface area contributed by atoms with Crippen molar-refractivity contribution in [2.75, 3.05) is 7.11 Å². The summed E-state index contributed by atoms with van der Waals surface area (Å²) in [7, 11) is 1.69. The quantitative estimate of drug-likeness (QED) is 0.813. The molecule has 0 aliphatic rings. The van der Waals surface area contributed by atoms with Crippen LogP contribution in [0, 0.1) is 17.8 Å². The Hall–Kier alpha value is -1.13. The first kappa shape index (κ1) is 11.4. The lowest BCUT2D eigenvalue weighted by Gasteiger charge is -2.09. The zero-order valence-electron chi connectivity index (χ0n) is 9.46. The van der Waals surface area contributed by atoms with E-state index in [4.69, 9.17) is 17.0 Å². The standard InChI is InChI=1S/C12H13NOS2/c1-7-5-11(14-3)8(2)4-9(7)10-6-16-12(15)13-10/h4-6H,1-3H3,(H,13,15). The van der Waals surface area contributed by atoms with Gasteiger partial charge in [-0.25, -0.2) is 0 Å². The summed E-state index contributed by atoms with van der Waals surface area (Å²) < 4.78 is 6.10. The van der Waals surface area contributed by atoms with Crippen LogP contribution in [0.2, 0.25) is 0 Å². The van der Waals surface area contributed by atoms with E-state index < -0.39 is 0 Å². The number of methoxy groups -OCH3 is 1. The van der Waals surface area contributed by atoms with E-state index in [2.05, 4.69) is 29.4 Å². The number of aryl methyl sites for hydroxylation is 2. The summed E-state index contributed by atoms with van der Waals surface area (Å²) in [5, 5.41) is 2.05. The van der Waals surface area contributed by atoms with Gasteiger partial charge in [-0.05, 0) is 49.3 Å². The molecule has 0 spiro atoms. The van der Waals surface area contributed by atoms with Gasteiger partial charge in [0.2, 0.25) is 0 Å². The van der Waals surface area contributed by atoms with Crippen LogP contribution in [-0.4, -0.2) is 12.1 Å². The predicted molar refractivity (Wildman–Crippen MR) is 71.0 cm³/mol. The van der Waals surface area contributed by atoms with Crippen LogP contribution in [0.25, 0.3) is 11.3 Å². The van der Waals surface area contributed by atoms with Crippen molar-refractivity contribution in [1.29, 1.82) is 0 Å². The summed E-state index contributed by atoms with van der Waals surface area (Å²) in [5.41, 5.74) is 4.59. The first-order valence-corrected chi connectivity index (χ1v) is 6.24. The highest BCUT2D eigenvalue weighted by molar-refractivity contribution is 7.73. The molecule has 0 fully saturated rings. The highest BCUT2D eigenvalue weighted by Crippen LogP contribution is 2.29. The number of aromatic nitrogens is 1. The SMILES string of the molecule is COc1cc(C)c(-c2csc(=S)[nH]2)cc1C. The highest BCUT2D eigenvalue weighted by Gasteiger charge is 2.07. The van der Waals surface area contributed by atoms with E-state index in [1.807, 2.05) is 6.92 Å². The van der Waals surface area contributed by atoms with Gasteiger partial charge in [0.1, 0.15) is 5.75 Å². The molecule has 0 saturated carbocycles. The molecule has 2 rings (SSSR count). The fourth-order valence-corrected chi connectivity index (χ4v) is 2.55. The van der Waals surface area contributed by atoms with E-state index >= 15 is 0 Å². The second-order valence-corrected chi connectivity index (χ2v) is 5.24. The zero-order valence-corrected chi connectivity index (χ0v) is 11.1. The Balaban J connectivity index is 2.58. The van der Waals surface area contributed by atoms with Gasteiger partial charge < -0.3 is 9.72 Å². The molecule has 1 aromatic heterocycles. The molecular formula is C12H13NOS2. The summed E-state index contributed by atoms with van der Waals surface area (Å²) in [5.74, 6) is 0.926. The molecule has 1 heterocycles. The molecule has 1 aromatic carbocycles. The maximum Gasteiger partial charge on any atom is 0.158 e. The molecule has 0 amide bonds. The molecule has 2 aromatic rings. The lowest BCUT2D eigenvalue weighted by molar-refractivity contribution is 0.411. The average molecular weight is 251 g/mol. The van der Waals surface area contributed by atoms with Gasteiger partial charge in [0.05, 0.1) is 12.8 Å². The Morgan fingerprint density at radius 2 is 2.00 bits per heavy atom. The van der Waals surface area contributed by atoms with E-state index in [1.165, 1.54) is 11.1 Å². The van der Waals surface area contributed by atoms with Crippen molar-refractivity contribution in [2.24, 2.45) is 0 Å². The number of rotatable bonds is 2. The summed E-state index contributed by atoms with van der Waals surface area (Å²) in [6.45, 7) is 4.12. The van der Waals surface area contributed by atoms with Crippen molar-refractivity contribution in [3.8, 4) is 17.0 Å². The minimum atomic E-state index is 0.808. The Bertz CT molecular complexity index is 569. The third-order valence-corrected chi connectivity index (χ3v) is 3.61. The number of ether oxygens (including phenoxy) is 1. The average Bonchev–Trinajstić information content (AvgIpc) is 2.67. The molecule has 84 valence electrons. The summed E-state index contributed by atoms with van der Waals surface area (Å²) >= 11 is 6.65. The number of hydrogen-bond acceptors (Lipinski definition) is 3. The molecule has 16 heavy (non-hydrogen) atoms. The van der Waals surface area contributed by atoms with E-state index in [9.17, 15) is 0 Å². The fourth-order valence-electron chi connectivity index (χ4n) is 1.71. The smallest absolute Gasteiger partial charge is 0.158 e. The maximum absolute atomic E-state index is 5.29. The second kappa shape index (κ2) is 4.39. The van der Waals surface area contributed by atoms with Gasteiger partial charge in [-0.2, -0.15) is 0 Å². The molecule has 2 nitrogen and oxygen atoms in total. The van der Waals surface area contributed by atoms with Crippen molar-refractivity contribution >= 4 is 23.6 Å². The first-order valence-electron chi connectivity index (χ1n) is 4.95. The predicted octanol–water partition coefficient (Wildman–Crippen LogP) is 4.10. The summed E-state index contributed by atoms with van der Waals surface area (Å²) in [6, 6.07) is 4.18. The molecule has 0 aliphatic carbocycles. The number of aromatic amines is 1. The third kappa shape index (κ3) is 2.03. The minimum Gasteiger partial charge on any atom is -0.496 e. The van der Waals surface area contributed by atoms with Crippen LogP contribution in [0.4, 0.5) is 0 Å². The van der Waals surface area contributed by atoms with E-state index in [1.54, 1.807) is 18.4 Å². The van der Waals surface area contributed by atoms with Crippen LogP contribution >= 0.6 is 23.6 Å². The van der Waals surface area contributed by atoms with Gasteiger partial charge in [0.25, 0.3) is 0 Å². The fraction of sp³-hybridized carbons (Fsp3) is 0.250. The summed E-state index contributed by atoms with van der Waals surface area (Å²) in [6.07, 6.45) is 0. The van der Waals surface area contributed by atoms with E-state index in [0.717, 1.165) is 21.0 Å². The number of thiazole rings is 1. The molecule has 0 atom stereocenters. The van der Waals surface area contributed by atoms with E-state index in [-0.39, 0.29) is 0 Å². The lowest BCUT2D eigenvalue weighted by Crippen LogP contribution is -1.91. The molecule has 0 radical (unpaired) electrons. The Kier molecular flexibility index (Phi) is 3.12.